The zero-order valence-corrected chi connectivity index (χ0v) is 21.4. The molecule has 0 saturated carbocycles. The van der Waals surface area contributed by atoms with Crippen molar-refractivity contribution in [3.05, 3.63) is 34.9 Å². The van der Waals surface area contributed by atoms with E-state index in [1.165, 1.54) is 4.90 Å². The molecule has 0 bridgehead atoms. The van der Waals surface area contributed by atoms with Gasteiger partial charge in [0.05, 0.1) is 24.7 Å². The van der Waals surface area contributed by atoms with Gasteiger partial charge in [0.1, 0.15) is 21.9 Å². The molecule has 1 aromatic carbocycles. The van der Waals surface area contributed by atoms with Crippen LogP contribution in [0.5, 0.6) is 0 Å². The molecule has 0 radical (unpaired) electrons. The lowest BCUT2D eigenvalue weighted by Crippen LogP contribution is -2.54. The van der Waals surface area contributed by atoms with E-state index in [2.05, 4.69) is 4.72 Å². The van der Waals surface area contributed by atoms with E-state index in [0.29, 0.717) is 31.3 Å². The van der Waals surface area contributed by atoms with Crippen LogP contribution in [0.2, 0.25) is 5.02 Å². The molecule has 0 unspecified atom stereocenters. The minimum Gasteiger partial charge on any atom is -0.378 e. The van der Waals surface area contributed by atoms with E-state index in [4.69, 9.17) is 16.3 Å². The van der Waals surface area contributed by atoms with Gasteiger partial charge in [-0.05, 0) is 37.0 Å². The summed E-state index contributed by atoms with van der Waals surface area (Å²) < 4.78 is 56.4. The number of rotatable bonds is 10. The summed E-state index contributed by atoms with van der Waals surface area (Å²) in [6.07, 6.45) is 1.48. The van der Waals surface area contributed by atoms with E-state index in [9.17, 15) is 26.4 Å². The molecule has 2 heterocycles. The molecule has 10 nitrogen and oxygen atoms in total. The zero-order valence-electron chi connectivity index (χ0n) is 19.0. The van der Waals surface area contributed by atoms with Gasteiger partial charge in [0, 0.05) is 30.9 Å². The third-order valence-corrected chi connectivity index (χ3v) is 8.49. The summed E-state index contributed by atoms with van der Waals surface area (Å²) in [7, 11) is -7.13. The molecule has 34 heavy (non-hydrogen) atoms. The van der Waals surface area contributed by atoms with Crippen molar-refractivity contribution in [1.82, 2.24) is 14.5 Å². The minimum absolute atomic E-state index is 0.0448. The van der Waals surface area contributed by atoms with Crippen molar-refractivity contribution in [1.29, 1.82) is 0 Å². The fourth-order valence-electron chi connectivity index (χ4n) is 4.03. The number of hydrogen-bond acceptors (Lipinski definition) is 7. The largest absolute Gasteiger partial charge is 0.378 e. The molecule has 3 rings (SSSR count). The third-order valence-electron chi connectivity index (χ3n) is 5.88. The topological polar surface area (TPSA) is 130 Å². The second kappa shape index (κ2) is 11.3. The number of hydrogen-bond donors (Lipinski definition) is 1. The highest BCUT2D eigenvalue weighted by atomic mass is 35.5. The van der Waals surface area contributed by atoms with E-state index in [1.54, 1.807) is 29.2 Å². The number of carbonyl (C=O) groups is 2. The maximum atomic E-state index is 13.2. The highest BCUT2D eigenvalue weighted by Crippen LogP contribution is 2.21. The highest BCUT2D eigenvalue weighted by Gasteiger charge is 2.42. The number of benzene rings is 1. The van der Waals surface area contributed by atoms with Crippen molar-refractivity contribution in [3.8, 4) is 0 Å². The van der Waals surface area contributed by atoms with Crippen LogP contribution >= 0.6 is 11.6 Å². The SMILES string of the molecule is CS(=O)(=O)CC[C@@H](C(=O)N1CCOCC1)N1CC[C@H](NS(=O)(=O)CCc2ccc(Cl)cc2)C1=O. The number of nitrogens with one attached hydrogen (secondary N) is 1. The molecule has 13 heteroatoms. The van der Waals surface area contributed by atoms with E-state index < -0.39 is 37.9 Å². The van der Waals surface area contributed by atoms with Crippen LogP contribution in [0.3, 0.4) is 0 Å². The fourth-order valence-corrected chi connectivity index (χ4v) is 6.08. The number of aryl methyl sites for hydroxylation is 1. The summed E-state index contributed by atoms with van der Waals surface area (Å²) >= 11 is 5.85. The first-order valence-electron chi connectivity index (χ1n) is 11.0. The molecule has 0 aliphatic carbocycles. The van der Waals surface area contributed by atoms with Gasteiger partial charge in [-0.25, -0.2) is 21.6 Å². The van der Waals surface area contributed by atoms with Crippen LogP contribution in [-0.4, -0.2) is 101 Å². The van der Waals surface area contributed by atoms with Crippen LogP contribution in [0, 0.1) is 0 Å². The molecule has 2 aliphatic rings. The number of halogens is 1. The van der Waals surface area contributed by atoms with Crippen molar-refractivity contribution in [2.24, 2.45) is 0 Å². The Morgan fingerprint density at radius 2 is 1.76 bits per heavy atom. The van der Waals surface area contributed by atoms with Gasteiger partial charge in [0.15, 0.2) is 0 Å². The predicted molar refractivity (Wildman–Crippen MR) is 128 cm³/mol. The predicted octanol–water partition coefficient (Wildman–Crippen LogP) is 0.0649. The molecule has 0 spiro atoms. The van der Waals surface area contributed by atoms with E-state index >= 15 is 0 Å². The average Bonchev–Trinajstić information content (AvgIpc) is 3.12. The monoisotopic (exact) mass is 535 g/mol. The van der Waals surface area contributed by atoms with Gasteiger partial charge in [-0.15, -0.1) is 0 Å². The Kier molecular flexibility index (Phi) is 8.96. The average molecular weight is 536 g/mol. The minimum atomic E-state index is -3.77. The van der Waals surface area contributed by atoms with Crippen LogP contribution in [0.15, 0.2) is 24.3 Å². The molecule has 2 saturated heterocycles. The van der Waals surface area contributed by atoms with Crippen LogP contribution < -0.4 is 4.72 Å². The lowest BCUT2D eigenvalue weighted by molar-refractivity contribution is -0.146. The molecular formula is C21H30ClN3O7S2. The Hall–Kier alpha value is -1.73. The number of sulfone groups is 1. The number of ether oxygens (including phenoxy) is 1. The van der Waals surface area contributed by atoms with Gasteiger partial charge in [-0.3, -0.25) is 9.59 Å². The van der Waals surface area contributed by atoms with Gasteiger partial charge in [-0.1, -0.05) is 23.7 Å². The standard InChI is InChI=1S/C21H30ClN3O7S2/c1-33(28,29)14-8-19(21(27)24-10-12-32-13-11-24)25-9-6-18(20(25)26)23-34(30,31)15-7-16-2-4-17(22)5-3-16/h2-5,18-19,23H,6-15H2,1H3/t18-,19-/m0/s1. The van der Waals surface area contributed by atoms with E-state index in [0.717, 1.165) is 11.8 Å². The lowest BCUT2D eigenvalue weighted by Gasteiger charge is -2.34. The molecule has 190 valence electrons. The van der Waals surface area contributed by atoms with Crippen molar-refractivity contribution in [3.63, 3.8) is 0 Å². The molecule has 2 aliphatic heterocycles. The lowest BCUT2D eigenvalue weighted by atomic mass is 10.1. The number of sulfonamides is 1. The molecule has 2 amide bonds. The zero-order chi connectivity index (χ0) is 24.9. The molecule has 2 atom stereocenters. The Labute approximate surface area is 205 Å². The smallest absolute Gasteiger partial charge is 0.245 e. The molecule has 1 N–H and O–H groups in total. The number of carbonyl (C=O) groups excluding carboxylic acids is 2. The number of likely N-dealkylation sites (tertiary alicyclic amines) is 1. The summed E-state index contributed by atoms with van der Waals surface area (Å²) in [5, 5.41) is 0.554. The summed E-state index contributed by atoms with van der Waals surface area (Å²) in [6, 6.07) is 4.88. The molecular weight excluding hydrogens is 506 g/mol. The quantitative estimate of drug-likeness (QED) is 0.448. The first-order chi connectivity index (χ1) is 16.0. The normalized spacial score (nSPS) is 20.5. The Bertz CT molecular complexity index is 1090. The Morgan fingerprint density at radius 1 is 1.12 bits per heavy atom. The maximum Gasteiger partial charge on any atom is 0.245 e. The number of morpholine rings is 1. The summed E-state index contributed by atoms with van der Waals surface area (Å²) in [5.74, 6) is -1.32. The van der Waals surface area contributed by atoms with Gasteiger partial charge < -0.3 is 14.5 Å². The Balaban J connectivity index is 1.66. The van der Waals surface area contributed by atoms with Crippen molar-refractivity contribution >= 4 is 43.3 Å². The van der Waals surface area contributed by atoms with Gasteiger partial charge in [-0.2, -0.15) is 0 Å². The van der Waals surface area contributed by atoms with Crippen molar-refractivity contribution in [2.45, 2.75) is 31.3 Å². The number of amides is 2. The third kappa shape index (κ3) is 7.64. The summed E-state index contributed by atoms with van der Waals surface area (Å²) in [6.45, 7) is 1.62. The van der Waals surface area contributed by atoms with Gasteiger partial charge >= 0.3 is 0 Å². The molecule has 2 fully saturated rings. The van der Waals surface area contributed by atoms with Gasteiger partial charge in [0.25, 0.3) is 0 Å². The second-order valence-electron chi connectivity index (χ2n) is 8.56. The van der Waals surface area contributed by atoms with E-state index in [-0.39, 0.29) is 43.2 Å². The van der Waals surface area contributed by atoms with Crippen molar-refractivity contribution < 1.29 is 31.2 Å². The van der Waals surface area contributed by atoms with Gasteiger partial charge in [0.2, 0.25) is 21.8 Å². The second-order valence-corrected chi connectivity index (χ2v) is 13.1. The molecule has 0 aromatic heterocycles. The van der Waals surface area contributed by atoms with Crippen LogP contribution in [-0.2, 0) is 40.6 Å². The molecule has 1 aromatic rings. The fraction of sp³-hybridized carbons (Fsp3) is 0.619. The van der Waals surface area contributed by atoms with Crippen molar-refractivity contribution in [2.75, 3.05) is 50.6 Å². The summed E-state index contributed by atoms with van der Waals surface area (Å²) in [4.78, 5) is 29.1. The highest BCUT2D eigenvalue weighted by molar-refractivity contribution is 7.90. The van der Waals surface area contributed by atoms with Crippen LogP contribution in [0.25, 0.3) is 0 Å². The van der Waals surface area contributed by atoms with Crippen LogP contribution in [0.4, 0.5) is 0 Å². The first kappa shape index (κ1) is 26.9. The summed E-state index contributed by atoms with van der Waals surface area (Å²) in [5.41, 5.74) is 0.797. The number of nitrogens with zero attached hydrogens (tertiary/aromatic N) is 2. The first-order valence-corrected chi connectivity index (χ1v) is 15.1. The Morgan fingerprint density at radius 3 is 2.38 bits per heavy atom. The van der Waals surface area contributed by atoms with Crippen LogP contribution in [0.1, 0.15) is 18.4 Å². The van der Waals surface area contributed by atoms with E-state index in [1.807, 2.05) is 0 Å². The maximum absolute atomic E-state index is 13.2.